The van der Waals surface area contributed by atoms with Gasteiger partial charge >= 0.3 is 0 Å². The van der Waals surface area contributed by atoms with Gasteiger partial charge in [0.1, 0.15) is 11.5 Å². The molecule has 0 spiro atoms. The molecular formula is C20H22O2. The molecule has 2 heteroatoms. The first-order valence-corrected chi connectivity index (χ1v) is 8.32. The Bertz CT molecular complexity index is 762. The van der Waals surface area contributed by atoms with Crippen LogP contribution in [0.3, 0.4) is 0 Å². The summed E-state index contributed by atoms with van der Waals surface area (Å²) in [5, 5.41) is 2.58. The van der Waals surface area contributed by atoms with Gasteiger partial charge in [-0.25, -0.2) is 0 Å². The van der Waals surface area contributed by atoms with Gasteiger partial charge in [0.25, 0.3) is 0 Å². The Morgan fingerprint density at radius 2 is 2.09 bits per heavy atom. The van der Waals surface area contributed by atoms with E-state index in [1.807, 2.05) is 6.07 Å². The van der Waals surface area contributed by atoms with Gasteiger partial charge in [0, 0.05) is 11.8 Å². The lowest BCUT2D eigenvalue weighted by atomic mass is 9.63. The number of benzene rings is 2. The van der Waals surface area contributed by atoms with Crippen LogP contribution in [0.4, 0.5) is 0 Å². The first kappa shape index (κ1) is 13.8. The lowest BCUT2D eigenvalue weighted by Crippen LogP contribution is -2.34. The molecule has 2 aliphatic rings. The predicted octanol–water partition coefficient (Wildman–Crippen LogP) is 4.64. The van der Waals surface area contributed by atoms with Crippen LogP contribution in [0.25, 0.3) is 10.8 Å². The van der Waals surface area contributed by atoms with Crippen LogP contribution in [-0.2, 0) is 11.2 Å². The number of fused-ring (bicyclic) bond motifs is 5. The Labute approximate surface area is 131 Å². The maximum absolute atomic E-state index is 12.5. The van der Waals surface area contributed by atoms with Crippen molar-refractivity contribution in [1.82, 2.24) is 0 Å². The van der Waals surface area contributed by atoms with E-state index in [9.17, 15) is 4.79 Å². The highest BCUT2D eigenvalue weighted by atomic mass is 16.5. The van der Waals surface area contributed by atoms with Gasteiger partial charge in [-0.15, -0.1) is 0 Å². The number of carbonyl (C=O) groups excluding carboxylic acids is 1. The van der Waals surface area contributed by atoms with Gasteiger partial charge in [0.15, 0.2) is 0 Å². The van der Waals surface area contributed by atoms with Crippen molar-refractivity contribution in [2.24, 2.45) is 5.41 Å². The van der Waals surface area contributed by atoms with Crippen molar-refractivity contribution >= 4 is 16.6 Å². The Kier molecular flexibility index (Phi) is 3.04. The van der Waals surface area contributed by atoms with Crippen molar-refractivity contribution in [3.8, 4) is 5.75 Å². The largest absolute Gasteiger partial charge is 0.497 e. The highest BCUT2D eigenvalue weighted by molar-refractivity contribution is 5.92. The number of methoxy groups -OCH3 is 1. The fraction of sp³-hybridized carbons (Fsp3) is 0.450. The van der Waals surface area contributed by atoms with Gasteiger partial charge in [-0.3, -0.25) is 4.79 Å². The van der Waals surface area contributed by atoms with Crippen molar-refractivity contribution in [2.75, 3.05) is 7.11 Å². The van der Waals surface area contributed by atoms with Gasteiger partial charge in [-0.05, 0) is 65.6 Å². The molecule has 0 saturated heterocycles. The van der Waals surface area contributed by atoms with E-state index in [2.05, 4.69) is 31.2 Å². The Morgan fingerprint density at radius 3 is 2.86 bits per heavy atom. The summed E-state index contributed by atoms with van der Waals surface area (Å²) >= 11 is 0. The first-order valence-electron chi connectivity index (χ1n) is 8.32. The summed E-state index contributed by atoms with van der Waals surface area (Å²) in [7, 11) is 1.71. The van der Waals surface area contributed by atoms with E-state index in [-0.39, 0.29) is 5.41 Å². The van der Waals surface area contributed by atoms with Crippen LogP contribution in [-0.4, -0.2) is 12.9 Å². The van der Waals surface area contributed by atoms with Gasteiger partial charge in [0.05, 0.1) is 7.11 Å². The van der Waals surface area contributed by atoms with Gasteiger partial charge in [0.2, 0.25) is 0 Å². The van der Waals surface area contributed by atoms with E-state index in [0.717, 1.165) is 37.9 Å². The number of Topliss-reactive ketones (excluding diaryl/α,β-unsaturated/α-hetero) is 1. The first-order chi connectivity index (χ1) is 10.7. The molecule has 0 unspecified atom stereocenters. The zero-order chi connectivity index (χ0) is 15.3. The van der Waals surface area contributed by atoms with E-state index >= 15 is 0 Å². The van der Waals surface area contributed by atoms with Crippen LogP contribution in [0, 0.1) is 5.41 Å². The van der Waals surface area contributed by atoms with Crippen LogP contribution in [0.1, 0.15) is 49.7 Å². The number of ketones is 1. The molecule has 1 fully saturated rings. The molecule has 4 rings (SSSR count). The zero-order valence-electron chi connectivity index (χ0n) is 13.3. The zero-order valence-corrected chi connectivity index (χ0v) is 13.3. The highest BCUT2D eigenvalue weighted by Gasteiger charge is 2.51. The minimum atomic E-state index is -0.0762. The molecule has 0 radical (unpaired) electrons. The van der Waals surface area contributed by atoms with Crippen molar-refractivity contribution in [1.29, 1.82) is 0 Å². The molecule has 0 aliphatic heterocycles. The van der Waals surface area contributed by atoms with E-state index in [1.54, 1.807) is 7.11 Å². The second-order valence-corrected chi connectivity index (χ2v) is 6.74. The van der Waals surface area contributed by atoms with Crippen molar-refractivity contribution < 1.29 is 9.53 Å². The average Bonchev–Trinajstić information content (AvgIpc) is 2.91. The SMILES string of the molecule is CC[C@]12CCc3c(ccc4cc(OC)ccc34)[C@@H]1CCC2=O. The molecule has 2 atom stereocenters. The summed E-state index contributed by atoms with van der Waals surface area (Å²) in [5.41, 5.74) is 2.81. The molecule has 114 valence electrons. The van der Waals surface area contributed by atoms with Crippen LogP contribution < -0.4 is 4.74 Å². The maximum Gasteiger partial charge on any atom is 0.139 e. The number of hydrogen-bond donors (Lipinski definition) is 0. The molecule has 2 nitrogen and oxygen atoms in total. The standard InChI is InChI=1S/C20H22O2/c1-3-20-11-10-16-15-7-5-14(22-2)12-13(15)4-6-17(16)18(20)8-9-19(20)21/h4-7,12,18H,3,8-11H2,1-2H3/t18-,20-/m0/s1. The normalized spacial score (nSPS) is 26.8. The molecule has 2 aliphatic carbocycles. The topological polar surface area (TPSA) is 26.3 Å². The summed E-state index contributed by atoms with van der Waals surface area (Å²) in [6.07, 6.45) is 4.82. The second-order valence-electron chi connectivity index (χ2n) is 6.74. The van der Waals surface area contributed by atoms with Crippen LogP contribution >= 0.6 is 0 Å². The quantitative estimate of drug-likeness (QED) is 0.806. The number of hydrogen-bond acceptors (Lipinski definition) is 2. The third-order valence-corrected chi connectivity index (χ3v) is 6.08. The van der Waals surface area contributed by atoms with Crippen LogP contribution in [0.5, 0.6) is 5.75 Å². The van der Waals surface area contributed by atoms with E-state index in [4.69, 9.17) is 4.74 Å². The molecule has 22 heavy (non-hydrogen) atoms. The lowest BCUT2D eigenvalue weighted by Gasteiger charge is -2.39. The molecule has 0 aromatic heterocycles. The van der Waals surface area contributed by atoms with Crippen molar-refractivity contribution in [3.05, 3.63) is 41.5 Å². The van der Waals surface area contributed by atoms with E-state index in [0.29, 0.717) is 11.7 Å². The van der Waals surface area contributed by atoms with Crippen LogP contribution in [0.2, 0.25) is 0 Å². The summed E-state index contributed by atoms with van der Waals surface area (Å²) < 4.78 is 5.34. The fourth-order valence-corrected chi connectivity index (χ4v) is 4.85. The van der Waals surface area contributed by atoms with Gasteiger partial charge < -0.3 is 4.74 Å². The Balaban J connectivity index is 1.90. The average molecular weight is 294 g/mol. The van der Waals surface area contributed by atoms with E-state index < -0.39 is 0 Å². The second kappa shape index (κ2) is 4.84. The maximum atomic E-state index is 12.5. The summed E-state index contributed by atoms with van der Waals surface area (Å²) in [6, 6.07) is 10.8. The molecule has 0 amide bonds. The van der Waals surface area contributed by atoms with Crippen LogP contribution in [0.15, 0.2) is 30.3 Å². The molecule has 0 bridgehead atoms. The number of ether oxygens (including phenoxy) is 1. The minimum absolute atomic E-state index is 0.0762. The number of rotatable bonds is 2. The molecule has 0 N–H and O–H groups in total. The fourth-order valence-electron chi connectivity index (χ4n) is 4.85. The highest BCUT2D eigenvalue weighted by Crippen LogP contribution is 2.56. The molecule has 0 heterocycles. The molecule has 2 aromatic carbocycles. The Hall–Kier alpha value is -1.83. The minimum Gasteiger partial charge on any atom is -0.497 e. The third-order valence-electron chi connectivity index (χ3n) is 6.08. The molecule has 2 aromatic rings. The van der Waals surface area contributed by atoms with Gasteiger partial charge in [-0.1, -0.05) is 25.1 Å². The summed E-state index contributed by atoms with van der Waals surface area (Å²) in [5.74, 6) is 1.84. The molecule has 1 saturated carbocycles. The van der Waals surface area contributed by atoms with Gasteiger partial charge in [-0.2, -0.15) is 0 Å². The Morgan fingerprint density at radius 1 is 1.23 bits per heavy atom. The van der Waals surface area contributed by atoms with Crippen molar-refractivity contribution in [2.45, 2.75) is 44.9 Å². The lowest BCUT2D eigenvalue weighted by molar-refractivity contribution is -0.127. The monoisotopic (exact) mass is 294 g/mol. The molecular weight excluding hydrogens is 272 g/mol. The number of carbonyl (C=O) groups is 1. The van der Waals surface area contributed by atoms with E-state index in [1.165, 1.54) is 21.9 Å². The third kappa shape index (κ3) is 1.70. The summed E-state index contributed by atoms with van der Waals surface area (Å²) in [6.45, 7) is 2.19. The summed E-state index contributed by atoms with van der Waals surface area (Å²) in [4.78, 5) is 12.5. The smallest absolute Gasteiger partial charge is 0.139 e. The predicted molar refractivity (Wildman–Crippen MR) is 88.5 cm³/mol. The number of aryl methyl sites for hydroxylation is 1. The van der Waals surface area contributed by atoms with Crippen molar-refractivity contribution in [3.63, 3.8) is 0 Å².